The summed E-state index contributed by atoms with van der Waals surface area (Å²) in [7, 11) is 1.58. The van der Waals surface area contributed by atoms with Crippen molar-refractivity contribution in [2.45, 2.75) is 31.8 Å². The number of likely N-dealkylation sites (tertiary alicyclic amines) is 1. The van der Waals surface area contributed by atoms with Gasteiger partial charge in [-0.15, -0.1) is 0 Å². The van der Waals surface area contributed by atoms with Gasteiger partial charge in [-0.25, -0.2) is 4.79 Å². The number of hydrogen-bond donors (Lipinski definition) is 2. The number of urea groups is 1. The number of carbonyl (C=O) groups is 2. The lowest BCUT2D eigenvalue weighted by molar-refractivity contribution is -0.124. The number of amides is 3. The summed E-state index contributed by atoms with van der Waals surface area (Å²) in [5.74, 6) is -0.134. The van der Waals surface area contributed by atoms with Crippen LogP contribution >= 0.6 is 23.2 Å². The average Bonchev–Trinajstić information content (AvgIpc) is 2.95. The fourth-order valence-corrected chi connectivity index (χ4v) is 3.22. The number of carbonyl (C=O) groups excluding carboxylic acids is 2. The van der Waals surface area contributed by atoms with Gasteiger partial charge >= 0.3 is 6.03 Å². The van der Waals surface area contributed by atoms with E-state index in [9.17, 15) is 9.59 Å². The van der Waals surface area contributed by atoms with Gasteiger partial charge in [0.1, 0.15) is 6.04 Å². The normalized spacial score (nSPS) is 18.9. The van der Waals surface area contributed by atoms with Gasteiger partial charge in [0.05, 0.1) is 6.04 Å². The Morgan fingerprint density at radius 3 is 2.73 bits per heavy atom. The Balaban J connectivity index is 2.06. The molecule has 2 atom stereocenters. The summed E-state index contributed by atoms with van der Waals surface area (Å²) in [5, 5.41) is 6.53. The van der Waals surface area contributed by atoms with Gasteiger partial charge in [-0.2, -0.15) is 0 Å². The van der Waals surface area contributed by atoms with Crippen molar-refractivity contribution < 1.29 is 9.59 Å². The largest absolute Gasteiger partial charge is 0.357 e. The second-order valence-electron chi connectivity index (χ2n) is 5.30. The highest BCUT2D eigenvalue weighted by molar-refractivity contribution is 6.35. The van der Waals surface area contributed by atoms with Crippen molar-refractivity contribution in [1.29, 1.82) is 0 Å². The van der Waals surface area contributed by atoms with Crippen LogP contribution in [0.3, 0.4) is 0 Å². The van der Waals surface area contributed by atoms with Crippen LogP contribution < -0.4 is 10.6 Å². The van der Waals surface area contributed by atoms with Crippen molar-refractivity contribution >= 4 is 35.1 Å². The molecule has 0 spiro atoms. The highest BCUT2D eigenvalue weighted by Crippen LogP contribution is 2.26. The number of likely N-dealkylation sites (N-methyl/N-ethyl adjacent to an activating group) is 1. The van der Waals surface area contributed by atoms with Crippen LogP contribution in [-0.4, -0.2) is 36.5 Å². The Bertz CT molecular complexity index is 580. The van der Waals surface area contributed by atoms with Gasteiger partial charge in [-0.3, -0.25) is 4.79 Å². The molecule has 1 fully saturated rings. The molecule has 0 saturated carbocycles. The predicted molar refractivity (Wildman–Crippen MR) is 87.2 cm³/mol. The summed E-state index contributed by atoms with van der Waals surface area (Å²) in [6, 6.07) is 4.22. The fourth-order valence-electron chi connectivity index (χ4n) is 2.65. The topological polar surface area (TPSA) is 61.4 Å². The Labute approximate surface area is 139 Å². The van der Waals surface area contributed by atoms with Crippen LogP contribution in [0.1, 0.15) is 31.4 Å². The minimum Gasteiger partial charge on any atom is -0.357 e. The molecule has 120 valence electrons. The molecule has 3 amide bonds. The molecule has 0 aliphatic carbocycles. The van der Waals surface area contributed by atoms with Crippen LogP contribution in [0.25, 0.3) is 0 Å². The standard InChI is InChI=1S/C15H19Cl2N3O2/c1-9(11-6-5-10(16)8-12(11)17)19-15(22)20-7-3-4-13(20)14(21)18-2/h5-6,8-9,13H,3-4,7H2,1-2H3,(H,18,21)(H,19,22)/t9-,13-/m0/s1. The Hall–Kier alpha value is -1.46. The van der Waals surface area contributed by atoms with Gasteiger partial charge in [-0.1, -0.05) is 29.3 Å². The van der Waals surface area contributed by atoms with E-state index in [1.54, 1.807) is 30.1 Å². The van der Waals surface area contributed by atoms with Crippen LogP contribution in [-0.2, 0) is 4.79 Å². The molecule has 5 nitrogen and oxygen atoms in total. The predicted octanol–water partition coefficient (Wildman–Crippen LogP) is 2.97. The number of halogens is 2. The third kappa shape index (κ3) is 3.65. The van der Waals surface area contributed by atoms with E-state index in [0.717, 1.165) is 12.0 Å². The Morgan fingerprint density at radius 2 is 2.09 bits per heavy atom. The van der Waals surface area contributed by atoms with Crippen LogP contribution in [0.5, 0.6) is 0 Å². The van der Waals surface area contributed by atoms with Gasteiger partial charge in [0.25, 0.3) is 0 Å². The molecule has 2 N–H and O–H groups in total. The number of nitrogens with one attached hydrogen (secondary N) is 2. The molecule has 0 bridgehead atoms. The van der Waals surface area contributed by atoms with E-state index in [2.05, 4.69) is 10.6 Å². The van der Waals surface area contributed by atoms with Gasteiger partial charge in [0, 0.05) is 23.6 Å². The third-order valence-corrected chi connectivity index (χ3v) is 4.39. The summed E-state index contributed by atoms with van der Waals surface area (Å²) >= 11 is 12.0. The maximum Gasteiger partial charge on any atom is 0.318 e. The van der Waals surface area contributed by atoms with Crippen molar-refractivity contribution in [3.05, 3.63) is 33.8 Å². The van der Waals surface area contributed by atoms with Crippen molar-refractivity contribution in [1.82, 2.24) is 15.5 Å². The molecule has 2 rings (SSSR count). The van der Waals surface area contributed by atoms with Crippen molar-refractivity contribution in [3.8, 4) is 0 Å². The smallest absolute Gasteiger partial charge is 0.318 e. The van der Waals surface area contributed by atoms with E-state index >= 15 is 0 Å². The minimum atomic E-state index is -0.405. The van der Waals surface area contributed by atoms with Crippen molar-refractivity contribution in [3.63, 3.8) is 0 Å². The van der Waals surface area contributed by atoms with E-state index in [4.69, 9.17) is 23.2 Å². The highest BCUT2D eigenvalue weighted by atomic mass is 35.5. The summed E-state index contributed by atoms with van der Waals surface area (Å²) in [6.07, 6.45) is 1.50. The molecule has 1 aromatic rings. The SMILES string of the molecule is CNC(=O)[C@@H]1CCCN1C(=O)N[C@@H](C)c1ccc(Cl)cc1Cl. The van der Waals surface area contributed by atoms with E-state index in [1.165, 1.54) is 0 Å². The zero-order valence-electron chi connectivity index (χ0n) is 12.5. The summed E-state index contributed by atoms with van der Waals surface area (Å²) in [4.78, 5) is 25.8. The van der Waals surface area contributed by atoms with E-state index in [0.29, 0.717) is 23.0 Å². The lowest BCUT2D eigenvalue weighted by Gasteiger charge is -2.26. The summed E-state index contributed by atoms with van der Waals surface area (Å²) < 4.78 is 0. The molecule has 0 unspecified atom stereocenters. The summed E-state index contributed by atoms with van der Waals surface area (Å²) in [5.41, 5.74) is 0.787. The molecule has 22 heavy (non-hydrogen) atoms. The molecule has 1 aliphatic heterocycles. The van der Waals surface area contributed by atoms with Gasteiger partial charge < -0.3 is 15.5 Å². The molecule has 1 heterocycles. The molecular formula is C15H19Cl2N3O2. The molecule has 1 saturated heterocycles. The van der Waals surface area contributed by atoms with Gasteiger partial charge in [-0.05, 0) is 37.5 Å². The zero-order chi connectivity index (χ0) is 16.3. The fraction of sp³-hybridized carbons (Fsp3) is 0.467. The molecule has 7 heteroatoms. The Morgan fingerprint density at radius 1 is 1.36 bits per heavy atom. The first-order chi connectivity index (χ1) is 10.4. The molecule has 1 aromatic carbocycles. The van der Waals surface area contributed by atoms with Crippen molar-refractivity contribution in [2.24, 2.45) is 0 Å². The average molecular weight is 344 g/mol. The number of hydrogen-bond acceptors (Lipinski definition) is 2. The molecular weight excluding hydrogens is 325 g/mol. The minimum absolute atomic E-state index is 0.134. The van der Waals surface area contributed by atoms with Gasteiger partial charge in [0.15, 0.2) is 0 Å². The van der Waals surface area contributed by atoms with Crippen LogP contribution in [0.2, 0.25) is 10.0 Å². The van der Waals surface area contributed by atoms with Crippen LogP contribution in [0.15, 0.2) is 18.2 Å². The summed E-state index contributed by atoms with van der Waals surface area (Å²) in [6.45, 7) is 2.42. The first-order valence-electron chi connectivity index (χ1n) is 7.17. The van der Waals surface area contributed by atoms with Crippen molar-refractivity contribution in [2.75, 3.05) is 13.6 Å². The molecule has 0 radical (unpaired) electrons. The molecule has 1 aliphatic rings. The Kier molecular flexibility index (Phi) is 5.53. The highest BCUT2D eigenvalue weighted by Gasteiger charge is 2.34. The number of benzene rings is 1. The first kappa shape index (κ1) is 16.9. The van der Waals surface area contributed by atoms with Gasteiger partial charge in [0.2, 0.25) is 5.91 Å². The second kappa shape index (κ2) is 7.20. The van der Waals surface area contributed by atoms with E-state index < -0.39 is 6.04 Å². The zero-order valence-corrected chi connectivity index (χ0v) is 14.0. The van der Waals surface area contributed by atoms with Crippen LogP contribution in [0, 0.1) is 0 Å². The number of rotatable bonds is 3. The van der Waals surface area contributed by atoms with Crippen LogP contribution in [0.4, 0.5) is 4.79 Å². The maximum atomic E-state index is 12.4. The second-order valence-corrected chi connectivity index (χ2v) is 6.15. The maximum absolute atomic E-state index is 12.4. The quantitative estimate of drug-likeness (QED) is 0.886. The molecule has 0 aromatic heterocycles. The lowest BCUT2D eigenvalue weighted by Crippen LogP contribution is -2.49. The number of nitrogens with zero attached hydrogens (tertiary/aromatic N) is 1. The third-order valence-electron chi connectivity index (χ3n) is 3.83. The van der Waals surface area contributed by atoms with E-state index in [-0.39, 0.29) is 18.0 Å². The first-order valence-corrected chi connectivity index (χ1v) is 7.93. The lowest BCUT2D eigenvalue weighted by atomic mass is 10.1. The van der Waals surface area contributed by atoms with E-state index in [1.807, 2.05) is 6.92 Å². The monoisotopic (exact) mass is 343 g/mol.